The Morgan fingerprint density at radius 3 is 2.38 bits per heavy atom. The first-order valence-electron chi connectivity index (χ1n) is 8.45. The Morgan fingerprint density at radius 2 is 1.79 bits per heavy atom. The second kappa shape index (κ2) is 7.38. The van der Waals surface area contributed by atoms with Gasteiger partial charge in [0.2, 0.25) is 5.91 Å². The topological polar surface area (TPSA) is 66.5 Å². The molecule has 1 atom stereocenters. The highest BCUT2D eigenvalue weighted by Gasteiger charge is 2.34. The first-order valence-corrected chi connectivity index (χ1v) is 9.50. The summed E-state index contributed by atoms with van der Waals surface area (Å²) in [6.45, 7) is 2.20. The number of amides is 3. The Hall–Kier alpha value is -1.82. The first kappa shape index (κ1) is 17.0. The maximum atomic E-state index is 12.3. The van der Waals surface area contributed by atoms with Crippen LogP contribution in [0.25, 0.3) is 0 Å². The van der Waals surface area contributed by atoms with Crippen molar-refractivity contribution in [2.75, 3.05) is 12.3 Å². The molecule has 128 valence electrons. The van der Waals surface area contributed by atoms with Gasteiger partial charge in [-0.15, -0.1) is 11.8 Å². The van der Waals surface area contributed by atoms with Crippen LogP contribution in [0.1, 0.15) is 53.3 Å². The van der Waals surface area contributed by atoms with Gasteiger partial charge in [-0.25, -0.2) is 0 Å². The van der Waals surface area contributed by atoms with Crippen molar-refractivity contribution in [3.8, 4) is 0 Å². The van der Waals surface area contributed by atoms with Gasteiger partial charge >= 0.3 is 0 Å². The lowest BCUT2D eigenvalue weighted by atomic mass is 10.1. The average Bonchev–Trinajstić information content (AvgIpc) is 3.17. The van der Waals surface area contributed by atoms with E-state index in [1.54, 1.807) is 24.3 Å². The van der Waals surface area contributed by atoms with Crippen molar-refractivity contribution in [2.24, 2.45) is 0 Å². The number of nitrogens with zero attached hydrogens (tertiary/aromatic N) is 1. The molecule has 6 heteroatoms. The van der Waals surface area contributed by atoms with Crippen LogP contribution in [0.3, 0.4) is 0 Å². The molecule has 1 aliphatic carbocycles. The Balaban J connectivity index is 1.47. The molecule has 0 saturated heterocycles. The third kappa shape index (κ3) is 3.48. The quantitative estimate of drug-likeness (QED) is 0.804. The van der Waals surface area contributed by atoms with Crippen molar-refractivity contribution in [3.05, 3.63) is 35.4 Å². The van der Waals surface area contributed by atoms with E-state index >= 15 is 0 Å². The van der Waals surface area contributed by atoms with Crippen LogP contribution in [0.2, 0.25) is 0 Å². The molecule has 0 radical (unpaired) electrons. The summed E-state index contributed by atoms with van der Waals surface area (Å²) >= 11 is 1.48. The molecule has 1 fully saturated rings. The van der Waals surface area contributed by atoms with Crippen molar-refractivity contribution in [3.63, 3.8) is 0 Å². The van der Waals surface area contributed by atoms with Gasteiger partial charge in [0.25, 0.3) is 11.8 Å². The second-order valence-corrected chi connectivity index (χ2v) is 7.76. The third-order valence-corrected chi connectivity index (χ3v) is 5.76. The molecule has 1 N–H and O–H groups in total. The van der Waals surface area contributed by atoms with Crippen LogP contribution < -0.4 is 5.32 Å². The minimum absolute atomic E-state index is 0.0502. The number of thioether (sulfide) groups is 1. The highest BCUT2D eigenvalue weighted by molar-refractivity contribution is 8.00. The van der Waals surface area contributed by atoms with E-state index in [0.717, 1.165) is 12.8 Å². The molecule has 5 nitrogen and oxygen atoms in total. The Labute approximate surface area is 146 Å². The van der Waals surface area contributed by atoms with E-state index in [1.165, 1.54) is 29.5 Å². The van der Waals surface area contributed by atoms with Gasteiger partial charge in [0, 0.05) is 18.3 Å². The summed E-state index contributed by atoms with van der Waals surface area (Å²) in [5.74, 6) is 0.137. The Kier molecular flexibility index (Phi) is 5.23. The summed E-state index contributed by atoms with van der Waals surface area (Å²) in [5.41, 5.74) is 0.944. The van der Waals surface area contributed by atoms with Crippen LogP contribution in [0.15, 0.2) is 24.3 Å². The number of hydrogen-bond donors (Lipinski definition) is 1. The molecule has 1 aromatic carbocycles. The largest absolute Gasteiger partial charge is 0.352 e. The molecule has 1 unspecified atom stereocenters. The van der Waals surface area contributed by atoms with E-state index in [9.17, 15) is 14.4 Å². The SMILES string of the molecule is CC(SCCN1C(=O)c2ccccc2C1=O)C(=O)NC1CCCC1. The molecule has 1 aliphatic heterocycles. The van der Waals surface area contributed by atoms with Crippen LogP contribution in [0.5, 0.6) is 0 Å². The smallest absolute Gasteiger partial charge is 0.261 e. The lowest BCUT2D eigenvalue weighted by molar-refractivity contribution is -0.120. The van der Waals surface area contributed by atoms with Gasteiger partial charge in [0.05, 0.1) is 16.4 Å². The van der Waals surface area contributed by atoms with E-state index in [4.69, 9.17) is 0 Å². The molecule has 0 bridgehead atoms. The van der Waals surface area contributed by atoms with Crippen LogP contribution in [0.4, 0.5) is 0 Å². The summed E-state index contributed by atoms with van der Waals surface area (Å²) in [6, 6.07) is 7.20. The molecule has 1 aromatic rings. The number of carbonyl (C=O) groups excluding carboxylic acids is 3. The van der Waals surface area contributed by atoms with Crippen LogP contribution in [0, 0.1) is 0 Å². The van der Waals surface area contributed by atoms with E-state index in [0.29, 0.717) is 29.5 Å². The van der Waals surface area contributed by atoms with Crippen molar-refractivity contribution in [1.29, 1.82) is 0 Å². The first-order chi connectivity index (χ1) is 11.6. The van der Waals surface area contributed by atoms with Crippen LogP contribution in [-0.2, 0) is 4.79 Å². The van der Waals surface area contributed by atoms with Crippen molar-refractivity contribution in [1.82, 2.24) is 10.2 Å². The lowest BCUT2D eigenvalue weighted by Crippen LogP contribution is -2.38. The van der Waals surface area contributed by atoms with Gasteiger partial charge < -0.3 is 5.32 Å². The Morgan fingerprint density at radius 1 is 1.21 bits per heavy atom. The van der Waals surface area contributed by atoms with Crippen molar-refractivity contribution in [2.45, 2.75) is 43.9 Å². The molecular formula is C18H22N2O3S. The molecular weight excluding hydrogens is 324 g/mol. The molecule has 2 aliphatic rings. The summed E-state index contributed by atoms with van der Waals surface area (Å²) in [6.07, 6.45) is 4.51. The number of imide groups is 1. The van der Waals surface area contributed by atoms with E-state index < -0.39 is 0 Å². The molecule has 1 saturated carbocycles. The summed E-state index contributed by atoms with van der Waals surface area (Å²) in [7, 11) is 0. The van der Waals surface area contributed by atoms with Gasteiger partial charge in [0.15, 0.2) is 0 Å². The minimum Gasteiger partial charge on any atom is -0.352 e. The minimum atomic E-state index is -0.237. The van der Waals surface area contributed by atoms with Crippen LogP contribution in [-0.4, -0.2) is 46.2 Å². The molecule has 3 amide bonds. The number of nitrogens with one attached hydrogen (secondary N) is 1. The summed E-state index contributed by atoms with van der Waals surface area (Å²) in [4.78, 5) is 38.0. The zero-order valence-electron chi connectivity index (χ0n) is 13.8. The molecule has 0 spiro atoms. The zero-order chi connectivity index (χ0) is 17.1. The predicted molar refractivity (Wildman–Crippen MR) is 94.1 cm³/mol. The van der Waals surface area contributed by atoms with Crippen molar-refractivity contribution < 1.29 is 14.4 Å². The number of fused-ring (bicyclic) bond motifs is 1. The standard InChI is InChI=1S/C18H22N2O3S/c1-12(16(21)19-13-6-2-3-7-13)24-11-10-20-17(22)14-8-4-5-9-15(14)18(20)23/h4-5,8-9,12-13H,2-3,6-7,10-11H2,1H3,(H,19,21). The zero-order valence-corrected chi connectivity index (χ0v) is 14.6. The maximum Gasteiger partial charge on any atom is 0.261 e. The number of carbonyl (C=O) groups is 3. The van der Waals surface area contributed by atoms with Gasteiger partial charge in [0.1, 0.15) is 0 Å². The number of benzene rings is 1. The fourth-order valence-corrected chi connectivity index (χ4v) is 4.09. The third-order valence-electron chi connectivity index (χ3n) is 4.63. The van der Waals surface area contributed by atoms with E-state index in [2.05, 4.69) is 5.32 Å². The normalized spacial score (nSPS) is 18.8. The van der Waals surface area contributed by atoms with Gasteiger partial charge in [-0.1, -0.05) is 25.0 Å². The molecule has 3 rings (SSSR count). The van der Waals surface area contributed by atoms with E-state index in [-0.39, 0.29) is 23.0 Å². The summed E-state index contributed by atoms with van der Waals surface area (Å²) < 4.78 is 0. The molecule has 24 heavy (non-hydrogen) atoms. The predicted octanol–water partition coefficient (Wildman–Crippen LogP) is 2.46. The van der Waals surface area contributed by atoms with Crippen molar-refractivity contribution >= 4 is 29.5 Å². The molecule has 0 aromatic heterocycles. The molecule has 1 heterocycles. The summed E-state index contributed by atoms with van der Waals surface area (Å²) in [5, 5.41) is 2.90. The fraction of sp³-hybridized carbons (Fsp3) is 0.500. The van der Waals surface area contributed by atoms with Gasteiger partial charge in [-0.2, -0.15) is 0 Å². The van der Waals surface area contributed by atoms with E-state index in [1.807, 2.05) is 6.92 Å². The number of hydrogen-bond acceptors (Lipinski definition) is 4. The maximum absolute atomic E-state index is 12.3. The fourth-order valence-electron chi connectivity index (χ4n) is 3.23. The van der Waals surface area contributed by atoms with Gasteiger partial charge in [-0.05, 0) is 31.9 Å². The highest BCUT2D eigenvalue weighted by atomic mass is 32.2. The Bertz CT molecular complexity index is 620. The number of rotatable bonds is 6. The van der Waals surface area contributed by atoms with Gasteiger partial charge in [-0.3, -0.25) is 19.3 Å². The second-order valence-electron chi connectivity index (χ2n) is 6.31. The lowest BCUT2D eigenvalue weighted by Gasteiger charge is -2.18. The monoisotopic (exact) mass is 346 g/mol. The average molecular weight is 346 g/mol. The highest BCUT2D eigenvalue weighted by Crippen LogP contribution is 2.23. The van der Waals surface area contributed by atoms with Crippen LogP contribution >= 0.6 is 11.8 Å².